The highest BCUT2D eigenvalue weighted by molar-refractivity contribution is 5.68. The van der Waals surface area contributed by atoms with Gasteiger partial charge in [0.15, 0.2) is 0 Å². The van der Waals surface area contributed by atoms with Gasteiger partial charge in [-0.3, -0.25) is 0 Å². The van der Waals surface area contributed by atoms with Crippen LogP contribution in [0.3, 0.4) is 0 Å². The molecule has 1 saturated heterocycles. The van der Waals surface area contributed by atoms with E-state index in [1.54, 1.807) is 0 Å². The summed E-state index contributed by atoms with van der Waals surface area (Å²) in [7, 11) is 0. The van der Waals surface area contributed by atoms with Crippen molar-refractivity contribution in [3.8, 4) is 0 Å². The molecule has 0 spiro atoms. The third-order valence-corrected chi connectivity index (χ3v) is 2.70. The molecule has 0 aromatic rings. The Bertz CT molecular complexity index is 284. The van der Waals surface area contributed by atoms with Gasteiger partial charge in [-0.25, -0.2) is 4.79 Å². The van der Waals surface area contributed by atoms with Crippen LogP contribution in [0.15, 0.2) is 5.11 Å². The lowest BCUT2D eigenvalue weighted by Gasteiger charge is -2.09. The summed E-state index contributed by atoms with van der Waals surface area (Å²) in [6.07, 6.45) is 2.16. The van der Waals surface area contributed by atoms with Crippen LogP contribution in [0.25, 0.3) is 10.4 Å². The van der Waals surface area contributed by atoms with E-state index >= 15 is 0 Å². The zero-order valence-corrected chi connectivity index (χ0v) is 7.63. The first-order valence-electron chi connectivity index (χ1n) is 4.67. The van der Waals surface area contributed by atoms with E-state index in [-0.39, 0.29) is 6.10 Å². The summed E-state index contributed by atoms with van der Waals surface area (Å²) in [6.45, 7) is 0.835. The second kappa shape index (κ2) is 3.86. The van der Waals surface area contributed by atoms with Gasteiger partial charge in [0.25, 0.3) is 0 Å². The van der Waals surface area contributed by atoms with E-state index in [0.717, 1.165) is 25.9 Å². The molecule has 1 aliphatic carbocycles. The number of nitrogens with zero attached hydrogens (tertiary/aromatic N) is 3. The molecule has 1 heterocycles. The number of carbonyl (C=O) groups excluding carboxylic acids is 1. The average Bonchev–Trinajstić information content (AvgIpc) is 2.89. The molecular formula is C8H11N3O3. The minimum absolute atomic E-state index is 0.0952. The minimum Gasteiger partial charge on any atom is -0.458 e. The number of epoxide rings is 1. The third kappa shape index (κ3) is 2.16. The number of hydrogen-bond donors (Lipinski definition) is 0. The van der Waals surface area contributed by atoms with Crippen LogP contribution in [0.2, 0.25) is 0 Å². The van der Waals surface area contributed by atoms with Crippen LogP contribution in [0, 0.1) is 5.92 Å². The maximum absolute atomic E-state index is 10.8. The minimum atomic E-state index is -0.824. The van der Waals surface area contributed by atoms with Crippen molar-refractivity contribution >= 4 is 6.09 Å². The highest BCUT2D eigenvalue weighted by atomic mass is 16.6. The molecule has 2 aliphatic rings. The van der Waals surface area contributed by atoms with Gasteiger partial charge >= 0.3 is 6.09 Å². The Kier molecular flexibility index (Phi) is 2.56. The molecule has 3 unspecified atom stereocenters. The fraction of sp³-hybridized carbons (Fsp3) is 0.875. The van der Waals surface area contributed by atoms with Crippen LogP contribution in [0.4, 0.5) is 4.79 Å². The Hall–Kier alpha value is -1.26. The van der Waals surface area contributed by atoms with Gasteiger partial charge in [0, 0.05) is 10.0 Å². The molecular weight excluding hydrogens is 186 g/mol. The molecule has 0 aromatic carbocycles. The van der Waals surface area contributed by atoms with Crippen molar-refractivity contribution in [2.24, 2.45) is 11.0 Å². The van der Waals surface area contributed by atoms with Crippen molar-refractivity contribution in [1.82, 2.24) is 0 Å². The molecule has 0 radical (unpaired) electrons. The van der Waals surface area contributed by atoms with Gasteiger partial charge < -0.3 is 9.47 Å². The normalized spacial score (nSPS) is 34.7. The molecule has 0 N–H and O–H groups in total. The molecule has 76 valence electrons. The molecule has 0 bridgehead atoms. The molecule has 6 nitrogen and oxygen atoms in total. The zero-order valence-electron chi connectivity index (χ0n) is 7.63. The quantitative estimate of drug-likeness (QED) is 0.293. The number of amides is 1. The monoisotopic (exact) mass is 197 g/mol. The van der Waals surface area contributed by atoms with Crippen molar-refractivity contribution in [3.63, 3.8) is 0 Å². The van der Waals surface area contributed by atoms with Crippen molar-refractivity contribution in [3.05, 3.63) is 10.4 Å². The lowest BCUT2D eigenvalue weighted by atomic mass is 10.1. The van der Waals surface area contributed by atoms with Crippen molar-refractivity contribution in [2.75, 3.05) is 6.61 Å². The molecule has 14 heavy (non-hydrogen) atoms. The molecule has 6 heteroatoms. The molecule has 1 saturated carbocycles. The van der Waals surface area contributed by atoms with Gasteiger partial charge in [0.2, 0.25) is 0 Å². The van der Waals surface area contributed by atoms with Gasteiger partial charge in [0.1, 0.15) is 6.10 Å². The Balaban J connectivity index is 1.77. The van der Waals surface area contributed by atoms with Gasteiger partial charge in [0.05, 0.1) is 12.7 Å². The lowest BCUT2D eigenvalue weighted by Crippen LogP contribution is -2.13. The van der Waals surface area contributed by atoms with Gasteiger partial charge in [-0.2, -0.15) is 0 Å². The first-order valence-corrected chi connectivity index (χ1v) is 4.67. The van der Waals surface area contributed by atoms with Gasteiger partial charge in [-0.15, -0.1) is 0 Å². The number of carbonyl (C=O) groups is 1. The average molecular weight is 197 g/mol. The molecule has 2 fully saturated rings. The van der Waals surface area contributed by atoms with Gasteiger partial charge in [-0.1, -0.05) is 0 Å². The topological polar surface area (TPSA) is 87.6 Å². The predicted octanol–water partition coefficient (Wildman–Crippen LogP) is 2.00. The molecule has 1 aliphatic heterocycles. The second-order valence-corrected chi connectivity index (χ2v) is 3.64. The SMILES string of the molecule is [N-]=[N+]=NC(=O)OC1CCC(C2CO2)C1. The Morgan fingerprint density at radius 3 is 3.00 bits per heavy atom. The molecule has 1 amide bonds. The number of azide groups is 1. The molecule has 0 aromatic heterocycles. The first-order chi connectivity index (χ1) is 6.79. The second-order valence-electron chi connectivity index (χ2n) is 3.64. The van der Waals surface area contributed by atoms with Crippen LogP contribution < -0.4 is 0 Å². The van der Waals surface area contributed by atoms with Crippen molar-refractivity contribution in [2.45, 2.75) is 31.5 Å². The smallest absolute Gasteiger partial charge is 0.397 e. The highest BCUT2D eigenvalue weighted by Crippen LogP contribution is 2.36. The van der Waals surface area contributed by atoms with E-state index in [1.165, 1.54) is 0 Å². The summed E-state index contributed by atoms with van der Waals surface area (Å²) >= 11 is 0. The van der Waals surface area contributed by atoms with Gasteiger partial charge in [-0.05, 0) is 30.7 Å². The number of ether oxygens (including phenoxy) is 2. The largest absolute Gasteiger partial charge is 0.458 e. The highest BCUT2D eigenvalue weighted by Gasteiger charge is 2.39. The van der Waals surface area contributed by atoms with Crippen LogP contribution in [0.5, 0.6) is 0 Å². The summed E-state index contributed by atoms with van der Waals surface area (Å²) in [6, 6.07) is 0. The van der Waals surface area contributed by atoms with Crippen LogP contribution in [-0.2, 0) is 9.47 Å². The lowest BCUT2D eigenvalue weighted by molar-refractivity contribution is 0.106. The van der Waals surface area contributed by atoms with Crippen LogP contribution >= 0.6 is 0 Å². The summed E-state index contributed by atoms with van der Waals surface area (Å²) in [4.78, 5) is 13.2. The zero-order chi connectivity index (χ0) is 9.97. The van der Waals surface area contributed by atoms with Crippen LogP contribution in [-0.4, -0.2) is 24.9 Å². The fourth-order valence-corrected chi connectivity index (χ4v) is 1.95. The Morgan fingerprint density at radius 1 is 1.57 bits per heavy atom. The number of hydrogen-bond acceptors (Lipinski definition) is 3. The standard InChI is InChI=1S/C8H11N3O3/c9-11-10-8(12)14-6-2-1-5(3-6)7-4-13-7/h5-7H,1-4H2. The number of rotatable bonds is 2. The molecule has 2 rings (SSSR count). The Morgan fingerprint density at radius 2 is 2.36 bits per heavy atom. The van der Waals surface area contributed by atoms with E-state index < -0.39 is 6.09 Å². The molecule has 3 atom stereocenters. The van der Waals surface area contributed by atoms with E-state index in [4.69, 9.17) is 15.0 Å². The van der Waals surface area contributed by atoms with E-state index in [1.807, 2.05) is 0 Å². The maximum Gasteiger partial charge on any atom is 0.397 e. The summed E-state index contributed by atoms with van der Waals surface area (Å²) in [5, 5.41) is 2.86. The summed E-state index contributed by atoms with van der Waals surface area (Å²) in [5.41, 5.74) is 8.00. The van der Waals surface area contributed by atoms with E-state index in [2.05, 4.69) is 10.0 Å². The summed E-state index contributed by atoms with van der Waals surface area (Å²) in [5.74, 6) is 0.513. The van der Waals surface area contributed by atoms with Crippen molar-refractivity contribution < 1.29 is 14.3 Å². The summed E-state index contributed by atoms with van der Waals surface area (Å²) < 4.78 is 10.1. The van der Waals surface area contributed by atoms with E-state index in [9.17, 15) is 4.79 Å². The van der Waals surface area contributed by atoms with Crippen molar-refractivity contribution in [1.29, 1.82) is 0 Å². The maximum atomic E-state index is 10.8. The fourth-order valence-electron chi connectivity index (χ4n) is 1.95. The third-order valence-electron chi connectivity index (χ3n) is 2.70. The van der Waals surface area contributed by atoms with Crippen LogP contribution in [0.1, 0.15) is 19.3 Å². The van der Waals surface area contributed by atoms with E-state index in [0.29, 0.717) is 12.0 Å². The Labute approximate surface area is 80.8 Å². The first kappa shape index (κ1) is 9.30. The predicted molar refractivity (Wildman–Crippen MR) is 46.5 cm³/mol.